The van der Waals surface area contributed by atoms with Crippen LogP contribution in [0.3, 0.4) is 0 Å². The van der Waals surface area contributed by atoms with Gasteiger partial charge >= 0.3 is 0 Å². The Kier molecular flexibility index (Phi) is 7.05. The molecular formula is C22H28N2O4S. The molecule has 2 aromatic carbocycles. The van der Waals surface area contributed by atoms with Gasteiger partial charge in [0.1, 0.15) is 0 Å². The molecule has 7 heteroatoms. The van der Waals surface area contributed by atoms with E-state index < -0.39 is 10.0 Å². The van der Waals surface area contributed by atoms with Gasteiger partial charge < -0.3 is 10.1 Å². The lowest BCUT2D eigenvalue weighted by atomic mass is 10.0. The number of sulfonamides is 1. The van der Waals surface area contributed by atoms with Gasteiger partial charge in [0.05, 0.1) is 25.0 Å². The second-order valence-corrected chi connectivity index (χ2v) is 9.22. The number of nitrogens with one attached hydrogen (secondary N) is 1. The highest BCUT2D eigenvalue weighted by Crippen LogP contribution is 2.16. The second-order valence-electron chi connectivity index (χ2n) is 7.25. The Morgan fingerprint density at radius 1 is 1.03 bits per heavy atom. The number of nitrogens with zero attached hydrogens (tertiary/aromatic N) is 1. The summed E-state index contributed by atoms with van der Waals surface area (Å²) in [5.74, 6) is -0.255. The Hall–Kier alpha value is -2.22. The minimum Gasteiger partial charge on any atom is -0.379 e. The molecule has 0 spiro atoms. The first kappa shape index (κ1) is 21.5. The molecule has 1 atom stereocenters. The van der Waals surface area contributed by atoms with Crippen molar-refractivity contribution in [3.8, 4) is 0 Å². The predicted octanol–water partition coefficient (Wildman–Crippen LogP) is 2.90. The summed E-state index contributed by atoms with van der Waals surface area (Å²) in [5, 5.41) is 2.99. The summed E-state index contributed by atoms with van der Waals surface area (Å²) < 4.78 is 31.7. The summed E-state index contributed by atoms with van der Waals surface area (Å²) in [7, 11) is -3.38. The van der Waals surface area contributed by atoms with Crippen LogP contribution in [0.15, 0.2) is 48.5 Å². The van der Waals surface area contributed by atoms with Crippen molar-refractivity contribution in [2.75, 3.05) is 26.3 Å². The number of aryl methyl sites for hydroxylation is 1. The molecule has 0 saturated carbocycles. The van der Waals surface area contributed by atoms with E-state index in [0.717, 1.165) is 12.0 Å². The standard InChI is InChI=1S/C22H28N2O4S/c1-3-18-4-8-20(9-5-18)17(2)23-22(25)21-10-6-19(7-11-21)16-29(26,27)24-12-14-28-15-13-24/h4-11,17H,3,12-16H2,1-2H3,(H,23,25)/t17-/m1/s1. The Balaban J connectivity index is 1.60. The lowest BCUT2D eigenvalue weighted by Crippen LogP contribution is -2.41. The third-order valence-corrected chi connectivity index (χ3v) is 7.01. The van der Waals surface area contributed by atoms with Gasteiger partial charge in [-0.3, -0.25) is 4.79 Å². The van der Waals surface area contributed by atoms with E-state index in [1.165, 1.54) is 9.87 Å². The van der Waals surface area contributed by atoms with E-state index in [2.05, 4.69) is 24.4 Å². The molecule has 0 aromatic heterocycles. The van der Waals surface area contributed by atoms with Crippen molar-refractivity contribution >= 4 is 15.9 Å². The van der Waals surface area contributed by atoms with Gasteiger partial charge in [-0.1, -0.05) is 43.3 Å². The second kappa shape index (κ2) is 9.52. The lowest BCUT2D eigenvalue weighted by molar-refractivity contribution is 0.0729. The molecule has 0 aliphatic carbocycles. The molecule has 1 amide bonds. The summed E-state index contributed by atoms with van der Waals surface area (Å²) >= 11 is 0. The maximum absolute atomic E-state index is 12.5. The van der Waals surface area contributed by atoms with E-state index in [4.69, 9.17) is 4.74 Å². The number of carbonyl (C=O) groups is 1. The Morgan fingerprint density at radius 3 is 2.21 bits per heavy atom. The average Bonchev–Trinajstić information content (AvgIpc) is 2.74. The highest BCUT2D eigenvalue weighted by atomic mass is 32.2. The zero-order valence-electron chi connectivity index (χ0n) is 16.9. The van der Waals surface area contributed by atoms with Crippen LogP contribution in [0, 0.1) is 0 Å². The quantitative estimate of drug-likeness (QED) is 0.753. The summed E-state index contributed by atoms with van der Waals surface area (Å²) in [4.78, 5) is 12.5. The maximum Gasteiger partial charge on any atom is 0.251 e. The number of amides is 1. The number of ether oxygens (including phenoxy) is 1. The van der Waals surface area contributed by atoms with Gasteiger partial charge in [-0.05, 0) is 42.2 Å². The molecule has 1 saturated heterocycles. The fourth-order valence-corrected chi connectivity index (χ4v) is 4.79. The van der Waals surface area contributed by atoms with Gasteiger partial charge in [-0.15, -0.1) is 0 Å². The predicted molar refractivity (Wildman–Crippen MR) is 113 cm³/mol. The maximum atomic E-state index is 12.5. The zero-order valence-corrected chi connectivity index (χ0v) is 17.7. The summed E-state index contributed by atoms with van der Waals surface area (Å²) in [5.41, 5.74) is 3.48. The topological polar surface area (TPSA) is 75.7 Å². The first-order valence-corrected chi connectivity index (χ1v) is 11.5. The number of hydrogen-bond donors (Lipinski definition) is 1. The van der Waals surface area contributed by atoms with E-state index in [1.807, 2.05) is 19.1 Å². The average molecular weight is 417 g/mol. The zero-order chi connectivity index (χ0) is 20.9. The summed E-state index contributed by atoms with van der Waals surface area (Å²) in [6.07, 6.45) is 0.981. The van der Waals surface area contributed by atoms with E-state index in [-0.39, 0.29) is 17.7 Å². The van der Waals surface area contributed by atoms with Gasteiger partial charge in [0.15, 0.2) is 0 Å². The van der Waals surface area contributed by atoms with E-state index in [1.54, 1.807) is 24.3 Å². The number of carbonyl (C=O) groups excluding carboxylic acids is 1. The summed E-state index contributed by atoms with van der Waals surface area (Å²) in [6, 6.07) is 14.8. The van der Waals surface area contributed by atoms with Gasteiger partial charge in [-0.2, -0.15) is 4.31 Å². The Morgan fingerprint density at radius 2 is 1.62 bits per heavy atom. The van der Waals surface area contributed by atoms with Gasteiger partial charge in [0.2, 0.25) is 10.0 Å². The molecule has 0 unspecified atom stereocenters. The molecule has 0 bridgehead atoms. The van der Waals surface area contributed by atoms with Crippen molar-refractivity contribution in [3.63, 3.8) is 0 Å². The molecule has 1 aliphatic heterocycles. The molecule has 1 fully saturated rings. The van der Waals surface area contributed by atoms with Gasteiger partial charge in [0, 0.05) is 18.7 Å². The summed E-state index contributed by atoms with van der Waals surface area (Å²) in [6.45, 7) is 5.69. The van der Waals surface area contributed by atoms with Crippen molar-refractivity contribution in [1.29, 1.82) is 0 Å². The molecule has 3 rings (SSSR count). The monoisotopic (exact) mass is 416 g/mol. The molecule has 1 N–H and O–H groups in total. The third-order valence-electron chi connectivity index (χ3n) is 5.16. The number of rotatable bonds is 7. The van der Waals surface area contributed by atoms with Crippen LogP contribution in [-0.2, 0) is 26.9 Å². The van der Waals surface area contributed by atoms with Crippen LogP contribution >= 0.6 is 0 Å². The fraction of sp³-hybridized carbons (Fsp3) is 0.409. The number of hydrogen-bond acceptors (Lipinski definition) is 4. The molecule has 1 heterocycles. The molecule has 6 nitrogen and oxygen atoms in total. The first-order valence-electron chi connectivity index (χ1n) is 9.93. The highest BCUT2D eigenvalue weighted by Gasteiger charge is 2.24. The molecule has 1 aliphatic rings. The van der Waals surface area contributed by atoms with Crippen molar-refractivity contribution in [2.24, 2.45) is 0 Å². The number of benzene rings is 2. The van der Waals surface area contributed by atoms with Crippen molar-refractivity contribution in [1.82, 2.24) is 9.62 Å². The lowest BCUT2D eigenvalue weighted by Gasteiger charge is -2.26. The van der Waals surface area contributed by atoms with Gasteiger partial charge in [-0.25, -0.2) is 8.42 Å². The van der Waals surface area contributed by atoms with Crippen LogP contribution in [-0.4, -0.2) is 44.9 Å². The number of morpholine rings is 1. The van der Waals surface area contributed by atoms with Crippen LogP contribution in [0.1, 0.15) is 46.9 Å². The smallest absolute Gasteiger partial charge is 0.251 e. The molecule has 0 radical (unpaired) electrons. The highest BCUT2D eigenvalue weighted by molar-refractivity contribution is 7.88. The van der Waals surface area contributed by atoms with E-state index in [0.29, 0.717) is 37.4 Å². The van der Waals surface area contributed by atoms with Crippen molar-refractivity contribution in [2.45, 2.75) is 32.1 Å². The third kappa shape index (κ3) is 5.65. The van der Waals surface area contributed by atoms with Gasteiger partial charge in [0.25, 0.3) is 5.91 Å². The van der Waals surface area contributed by atoms with Crippen LogP contribution in [0.5, 0.6) is 0 Å². The Labute approximate surface area is 172 Å². The SMILES string of the molecule is CCc1ccc([C@@H](C)NC(=O)c2ccc(CS(=O)(=O)N3CCOCC3)cc2)cc1. The van der Waals surface area contributed by atoms with Crippen LogP contribution in [0.2, 0.25) is 0 Å². The fourth-order valence-electron chi connectivity index (χ4n) is 3.28. The Bertz CT molecular complexity index is 918. The van der Waals surface area contributed by atoms with E-state index >= 15 is 0 Å². The van der Waals surface area contributed by atoms with Crippen LogP contribution < -0.4 is 5.32 Å². The molecule has 2 aromatic rings. The normalized spacial score (nSPS) is 16.3. The minimum absolute atomic E-state index is 0.0743. The molecule has 29 heavy (non-hydrogen) atoms. The van der Waals surface area contributed by atoms with E-state index in [9.17, 15) is 13.2 Å². The van der Waals surface area contributed by atoms with Crippen molar-refractivity contribution in [3.05, 3.63) is 70.8 Å². The largest absolute Gasteiger partial charge is 0.379 e. The van der Waals surface area contributed by atoms with Crippen LogP contribution in [0.25, 0.3) is 0 Å². The molecule has 156 valence electrons. The molecular weight excluding hydrogens is 388 g/mol. The first-order chi connectivity index (χ1) is 13.9. The minimum atomic E-state index is -3.38. The van der Waals surface area contributed by atoms with Crippen molar-refractivity contribution < 1.29 is 17.9 Å². The van der Waals surface area contributed by atoms with Crippen LogP contribution in [0.4, 0.5) is 0 Å².